The van der Waals surface area contributed by atoms with Crippen LogP contribution in [0.4, 0.5) is 4.39 Å². The van der Waals surface area contributed by atoms with E-state index in [0.29, 0.717) is 23.9 Å². The molecule has 3 aromatic rings. The molecule has 0 spiro atoms. The lowest BCUT2D eigenvalue weighted by molar-refractivity contribution is 0.218. The molecule has 0 unspecified atom stereocenters. The Morgan fingerprint density at radius 2 is 2.04 bits per heavy atom. The minimum Gasteiger partial charge on any atom is -0.419 e. The van der Waals surface area contributed by atoms with E-state index < -0.39 is 0 Å². The van der Waals surface area contributed by atoms with Crippen molar-refractivity contribution in [2.24, 2.45) is 0 Å². The standard InChI is InChI=1S/C18H18FN5O/c1-2-16-20-9-13-7-8-24(10-15(13)21-16)11-17-22-23-18(25-17)12-3-5-14(19)6-4-12/h3-6,9H,2,7-8,10-11H2,1H3. The summed E-state index contributed by atoms with van der Waals surface area (Å²) in [6.07, 6.45) is 3.69. The first-order valence-electron chi connectivity index (χ1n) is 8.35. The molecule has 0 bridgehead atoms. The topological polar surface area (TPSA) is 67.9 Å². The van der Waals surface area contributed by atoms with Gasteiger partial charge in [-0.3, -0.25) is 4.90 Å². The Bertz CT molecular complexity index is 877. The van der Waals surface area contributed by atoms with Gasteiger partial charge in [0.1, 0.15) is 11.6 Å². The summed E-state index contributed by atoms with van der Waals surface area (Å²) >= 11 is 0. The smallest absolute Gasteiger partial charge is 0.247 e. The largest absolute Gasteiger partial charge is 0.419 e. The van der Waals surface area contributed by atoms with Crippen LogP contribution in [0.5, 0.6) is 0 Å². The third-order valence-corrected chi connectivity index (χ3v) is 4.31. The fourth-order valence-corrected chi connectivity index (χ4v) is 2.92. The maximum atomic E-state index is 13.0. The number of hydrogen-bond donors (Lipinski definition) is 0. The summed E-state index contributed by atoms with van der Waals surface area (Å²) in [4.78, 5) is 11.2. The lowest BCUT2D eigenvalue weighted by atomic mass is 10.1. The summed E-state index contributed by atoms with van der Waals surface area (Å²) < 4.78 is 18.7. The number of nitrogens with zero attached hydrogens (tertiary/aromatic N) is 5. The van der Waals surface area contributed by atoms with E-state index >= 15 is 0 Å². The molecule has 0 N–H and O–H groups in total. The quantitative estimate of drug-likeness (QED) is 0.728. The van der Waals surface area contributed by atoms with Gasteiger partial charge >= 0.3 is 0 Å². The number of hydrogen-bond acceptors (Lipinski definition) is 6. The van der Waals surface area contributed by atoms with Crippen LogP contribution >= 0.6 is 0 Å². The average molecular weight is 339 g/mol. The van der Waals surface area contributed by atoms with Crippen LogP contribution in [-0.4, -0.2) is 31.6 Å². The molecule has 3 heterocycles. The maximum Gasteiger partial charge on any atom is 0.247 e. The third kappa shape index (κ3) is 3.41. The van der Waals surface area contributed by atoms with Gasteiger partial charge in [-0.25, -0.2) is 14.4 Å². The van der Waals surface area contributed by atoms with E-state index in [9.17, 15) is 4.39 Å². The molecule has 7 heteroatoms. The SMILES string of the molecule is CCc1ncc2c(n1)CN(Cc1nnc(-c3ccc(F)cc3)o1)CC2. The fourth-order valence-electron chi connectivity index (χ4n) is 2.92. The van der Waals surface area contributed by atoms with Gasteiger partial charge in [-0.05, 0) is 36.2 Å². The van der Waals surface area contributed by atoms with Crippen molar-refractivity contribution in [1.82, 2.24) is 25.1 Å². The van der Waals surface area contributed by atoms with Crippen molar-refractivity contribution >= 4 is 0 Å². The second-order valence-electron chi connectivity index (χ2n) is 6.08. The van der Waals surface area contributed by atoms with Gasteiger partial charge < -0.3 is 4.42 Å². The van der Waals surface area contributed by atoms with Crippen molar-refractivity contribution in [2.45, 2.75) is 32.9 Å². The van der Waals surface area contributed by atoms with Gasteiger partial charge in [-0.15, -0.1) is 10.2 Å². The number of halogens is 1. The maximum absolute atomic E-state index is 13.0. The van der Waals surface area contributed by atoms with Crippen molar-refractivity contribution in [3.8, 4) is 11.5 Å². The molecule has 0 saturated carbocycles. The highest BCUT2D eigenvalue weighted by Gasteiger charge is 2.20. The van der Waals surface area contributed by atoms with E-state index in [-0.39, 0.29) is 5.82 Å². The summed E-state index contributed by atoms with van der Waals surface area (Å²) in [5.74, 6) is 1.54. The highest BCUT2D eigenvalue weighted by Crippen LogP contribution is 2.21. The van der Waals surface area contributed by atoms with Gasteiger partial charge in [-0.1, -0.05) is 6.92 Å². The number of fused-ring (bicyclic) bond motifs is 1. The van der Waals surface area contributed by atoms with Crippen LogP contribution in [0.1, 0.15) is 29.9 Å². The van der Waals surface area contributed by atoms with E-state index in [1.54, 1.807) is 12.1 Å². The minimum atomic E-state index is -0.288. The van der Waals surface area contributed by atoms with E-state index in [4.69, 9.17) is 4.42 Å². The Morgan fingerprint density at radius 1 is 1.20 bits per heavy atom. The normalized spacial score (nSPS) is 14.5. The molecular weight excluding hydrogens is 321 g/mol. The van der Waals surface area contributed by atoms with E-state index in [0.717, 1.165) is 37.4 Å². The van der Waals surface area contributed by atoms with Crippen molar-refractivity contribution < 1.29 is 8.81 Å². The van der Waals surface area contributed by atoms with Gasteiger partial charge in [0.2, 0.25) is 11.8 Å². The highest BCUT2D eigenvalue weighted by molar-refractivity contribution is 5.51. The molecule has 25 heavy (non-hydrogen) atoms. The third-order valence-electron chi connectivity index (χ3n) is 4.31. The molecule has 0 amide bonds. The molecule has 1 aliphatic heterocycles. The van der Waals surface area contributed by atoms with Gasteiger partial charge in [0.05, 0.1) is 12.2 Å². The molecule has 0 fully saturated rings. The summed E-state index contributed by atoms with van der Waals surface area (Å²) in [5, 5.41) is 8.18. The fraction of sp³-hybridized carbons (Fsp3) is 0.333. The molecule has 1 aromatic carbocycles. The molecular formula is C18H18FN5O. The average Bonchev–Trinajstić information content (AvgIpc) is 3.10. The highest BCUT2D eigenvalue weighted by atomic mass is 19.1. The second kappa shape index (κ2) is 6.68. The van der Waals surface area contributed by atoms with Crippen LogP contribution in [0.15, 0.2) is 34.9 Å². The molecule has 0 atom stereocenters. The number of benzene rings is 1. The first kappa shape index (κ1) is 15.8. The Labute approximate surface area is 144 Å². The Kier molecular flexibility index (Phi) is 4.23. The molecule has 2 aromatic heterocycles. The van der Waals surface area contributed by atoms with Gasteiger partial charge in [-0.2, -0.15) is 0 Å². The predicted molar refractivity (Wildman–Crippen MR) is 88.9 cm³/mol. The zero-order valence-electron chi connectivity index (χ0n) is 13.9. The zero-order chi connectivity index (χ0) is 17.2. The Balaban J connectivity index is 1.47. The molecule has 0 saturated heterocycles. The minimum absolute atomic E-state index is 0.288. The van der Waals surface area contributed by atoms with Gasteiger partial charge in [0.25, 0.3) is 0 Å². The second-order valence-corrected chi connectivity index (χ2v) is 6.08. The summed E-state index contributed by atoms with van der Waals surface area (Å²) in [7, 11) is 0. The molecule has 0 radical (unpaired) electrons. The molecule has 6 nitrogen and oxygen atoms in total. The summed E-state index contributed by atoms with van der Waals surface area (Å²) in [6.45, 7) is 4.27. The van der Waals surface area contributed by atoms with Gasteiger partial charge in [0, 0.05) is 31.3 Å². The van der Waals surface area contributed by atoms with Crippen LogP contribution in [0.3, 0.4) is 0 Å². The van der Waals surface area contributed by atoms with E-state index in [1.807, 2.05) is 6.20 Å². The Hall–Kier alpha value is -2.67. The number of rotatable bonds is 4. The summed E-state index contributed by atoms with van der Waals surface area (Å²) in [5.41, 5.74) is 3.01. The lowest BCUT2D eigenvalue weighted by Gasteiger charge is -2.26. The van der Waals surface area contributed by atoms with Crippen molar-refractivity contribution in [3.05, 3.63) is 59.3 Å². The lowest BCUT2D eigenvalue weighted by Crippen LogP contribution is -2.31. The van der Waals surface area contributed by atoms with E-state index in [1.165, 1.54) is 17.7 Å². The van der Waals surface area contributed by atoms with Crippen LogP contribution < -0.4 is 0 Å². The van der Waals surface area contributed by atoms with Crippen molar-refractivity contribution in [3.63, 3.8) is 0 Å². The molecule has 4 rings (SSSR count). The molecule has 1 aliphatic rings. The van der Waals surface area contributed by atoms with Crippen LogP contribution in [0.25, 0.3) is 11.5 Å². The Morgan fingerprint density at radius 3 is 2.84 bits per heavy atom. The van der Waals surface area contributed by atoms with E-state index in [2.05, 4.69) is 32.0 Å². The van der Waals surface area contributed by atoms with Crippen LogP contribution in [0.2, 0.25) is 0 Å². The number of aromatic nitrogens is 4. The van der Waals surface area contributed by atoms with Gasteiger partial charge in [0.15, 0.2) is 0 Å². The van der Waals surface area contributed by atoms with Crippen LogP contribution in [-0.2, 0) is 25.9 Å². The molecule has 0 aliphatic carbocycles. The predicted octanol–water partition coefficient (Wildman–Crippen LogP) is 2.79. The monoisotopic (exact) mass is 339 g/mol. The van der Waals surface area contributed by atoms with Crippen LogP contribution in [0, 0.1) is 5.82 Å². The van der Waals surface area contributed by atoms with Crippen molar-refractivity contribution in [1.29, 1.82) is 0 Å². The molecule has 128 valence electrons. The zero-order valence-corrected chi connectivity index (χ0v) is 13.9. The first-order chi connectivity index (χ1) is 12.2. The first-order valence-corrected chi connectivity index (χ1v) is 8.35. The van der Waals surface area contributed by atoms with Crippen molar-refractivity contribution in [2.75, 3.05) is 6.54 Å². The summed E-state index contributed by atoms with van der Waals surface area (Å²) in [6, 6.07) is 6.03. The number of aryl methyl sites for hydroxylation is 1.